The molecular weight excluding hydrogens is 302 g/mol. The number of nitrogens with two attached hydrogens (primary N) is 1. The molecule has 0 aliphatic rings. The van der Waals surface area contributed by atoms with Gasteiger partial charge in [-0.1, -0.05) is 15.9 Å². The summed E-state index contributed by atoms with van der Waals surface area (Å²) in [6.45, 7) is 2.22. The molecule has 0 heterocycles. The molecule has 0 saturated heterocycles. The highest BCUT2D eigenvalue weighted by atomic mass is 79.9. The Morgan fingerprint density at radius 1 is 1.61 bits per heavy atom. The average Bonchev–Trinajstić information content (AvgIpc) is 2.28. The standard InChI is InChI=1S/C11H14BrN3O3/c1-7(13)4-5-14-11(16)9-3-2-8(12)6-10(9)15(17)18/h2-3,6-7H,4-5,13H2,1H3,(H,14,16). The summed E-state index contributed by atoms with van der Waals surface area (Å²) in [5.74, 6) is -0.463. The van der Waals surface area contributed by atoms with Gasteiger partial charge < -0.3 is 11.1 Å². The molecule has 1 amide bonds. The molecular formula is C11H14BrN3O3. The molecule has 6 nitrogen and oxygen atoms in total. The van der Waals surface area contributed by atoms with Gasteiger partial charge in [-0.2, -0.15) is 0 Å². The lowest BCUT2D eigenvalue weighted by Gasteiger charge is -2.07. The van der Waals surface area contributed by atoms with Gasteiger partial charge in [0.05, 0.1) is 4.92 Å². The second-order valence-corrected chi connectivity index (χ2v) is 4.86. The van der Waals surface area contributed by atoms with Gasteiger partial charge in [0.25, 0.3) is 11.6 Å². The van der Waals surface area contributed by atoms with Gasteiger partial charge in [0.1, 0.15) is 5.56 Å². The monoisotopic (exact) mass is 315 g/mol. The van der Waals surface area contributed by atoms with Crippen molar-refractivity contribution in [2.45, 2.75) is 19.4 Å². The molecule has 0 spiro atoms. The van der Waals surface area contributed by atoms with Crippen molar-refractivity contribution < 1.29 is 9.72 Å². The summed E-state index contributed by atoms with van der Waals surface area (Å²) in [4.78, 5) is 22.1. The zero-order valence-electron chi connectivity index (χ0n) is 9.85. The first kappa shape index (κ1) is 14.6. The maximum absolute atomic E-state index is 11.8. The van der Waals surface area contributed by atoms with Crippen molar-refractivity contribution in [1.82, 2.24) is 5.32 Å². The molecule has 0 radical (unpaired) electrons. The van der Waals surface area contributed by atoms with Crippen molar-refractivity contribution in [2.75, 3.05) is 6.54 Å². The van der Waals surface area contributed by atoms with Crippen LogP contribution >= 0.6 is 15.9 Å². The lowest BCUT2D eigenvalue weighted by Crippen LogP contribution is -2.29. The number of nitro benzene ring substituents is 1. The van der Waals surface area contributed by atoms with E-state index in [0.717, 1.165) is 0 Å². The third kappa shape index (κ3) is 4.08. The van der Waals surface area contributed by atoms with Crippen LogP contribution in [0.25, 0.3) is 0 Å². The van der Waals surface area contributed by atoms with Gasteiger partial charge in [0.2, 0.25) is 0 Å². The zero-order valence-corrected chi connectivity index (χ0v) is 11.4. The zero-order chi connectivity index (χ0) is 13.7. The topological polar surface area (TPSA) is 98.3 Å². The number of carbonyl (C=O) groups is 1. The Balaban J connectivity index is 2.82. The van der Waals surface area contributed by atoms with Crippen LogP contribution < -0.4 is 11.1 Å². The quantitative estimate of drug-likeness (QED) is 0.639. The molecule has 7 heteroatoms. The van der Waals surface area contributed by atoms with Crippen LogP contribution in [0.5, 0.6) is 0 Å². The number of amides is 1. The predicted molar refractivity (Wildman–Crippen MR) is 71.4 cm³/mol. The third-order valence-corrected chi connectivity index (χ3v) is 2.78. The largest absolute Gasteiger partial charge is 0.352 e. The SMILES string of the molecule is CC(N)CCNC(=O)c1ccc(Br)cc1[N+](=O)[O-]. The molecule has 0 fully saturated rings. The van der Waals surface area contributed by atoms with E-state index in [1.54, 1.807) is 6.07 Å². The fourth-order valence-electron chi connectivity index (χ4n) is 1.36. The highest BCUT2D eigenvalue weighted by Gasteiger charge is 2.19. The summed E-state index contributed by atoms with van der Waals surface area (Å²) in [5, 5.41) is 13.5. The van der Waals surface area contributed by atoms with Gasteiger partial charge in [-0.25, -0.2) is 0 Å². The van der Waals surface area contributed by atoms with Crippen LogP contribution in [0.2, 0.25) is 0 Å². The van der Waals surface area contributed by atoms with Crippen LogP contribution in [-0.2, 0) is 0 Å². The van der Waals surface area contributed by atoms with Crippen LogP contribution in [0, 0.1) is 10.1 Å². The number of nitrogens with zero attached hydrogens (tertiary/aromatic N) is 1. The number of benzene rings is 1. The minimum absolute atomic E-state index is 0.0230. The van der Waals surface area contributed by atoms with Gasteiger partial charge in [-0.3, -0.25) is 14.9 Å². The maximum Gasteiger partial charge on any atom is 0.283 e. The van der Waals surface area contributed by atoms with Crippen LogP contribution in [0.3, 0.4) is 0 Å². The Morgan fingerprint density at radius 2 is 2.28 bits per heavy atom. The third-order valence-electron chi connectivity index (χ3n) is 2.29. The number of halogens is 1. The Morgan fingerprint density at radius 3 is 2.83 bits per heavy atom. The molecule has 0 aliphatic carbocycles. The van der Waals surface area contributed by atoms with Crippen molar-refractivity contribution in [1.29, 1.82) is 0 Å². The summed E-state index contributed by atoms with van der Waals surface area (Å²) in [6.07, 6.45) is 0.621. The number of nitro groups is 1. The van der Waals surface area contributed by atoms with Gasteiger partial charge >= 0.3 is 0 Å². The smallest absolute Gasteiger partial charge is 0.283 e. The molecule has 1 rings (SSSR count). The summed E-state index contributed by atoms with van der Waals surface area (Å²) >= 11 is 3.13. The first-order chi connectivity index (χ1) is 8.41. The molecule has 0 saturated carbocycles. The van der Waals surface area contributed by atoms with Crippen molar-refractivity contribution in [3.05, 3.63) is 38.3 Å². The summed E-state index contributed by atoms with van der Waals surface area (Å²) in [7, 11) is 0. The fourth-order valence-corrected chi connectivity index (χ4v) is 1.71. The summed E-state index contributed by atoms with van der Waals surface area (Å²) < 4.78 is 0.557. The van der Waals surface area contributed by atoms with E-state index in [1.165, 1.54) is 12.1 Å². The van der Waals surface area contributed by atoms with Crippen LogP contribution in [0.15, 0.2) is 22.7 Å². The number of hydrogen-bond donors (Lipinski definition) is 2. The molecule has 0 aromatic heterocycles. The predicted octanol–water partition coefficient (Wildman–Crippen LogP) is 1.82. The second-order valence-electron chi connectivity index (χ2n) is 3.94. The van der Waals surface area contributed by atoms with Crippen molar-refractivity contribution in [3.63, 3.8) is 0 Å². The van der Waals surface area contributed by atoms with Gasteiger partial charge in [0, 0.05) is 23.1 Å². The lowest BCUT2D eigenvalue weighted by molar-refractivity contribution is -0.385. The number of hydrogen-bond acceptors (Lipinski definition) is 4. The number of nitrogens with one attached hydrogen (secondary N) is 1. The molecule has 3 N–H and O–H groups in total. The van der Waals surface area contributed by atoms with Crippen molar-refractivity contribution in [3.8, 4) is 0 Å². The minimum atomic E-state index is -0.578. The highest BCUT2D eigenvalue weighted by Crippen LogP contribution is 2.23. The number of carbonyl (C=O) groups excluding carboxylic acids is 1. The van der Waals surface area contributed by atoms with E-state index in [4.69, 9.17) is 5.73 Å². The molecule has 18 heavy (non-hydrogen) atoms. The Bertz CT molecular complexity index is 463. The number of rotatable bonds is 5. The van der Waals surface area contributed by atoms with E-state index in [2.05, 4.69) is 21.2 Å². The van der Waals surface area contributed by atoms with E-state index in [-0.39, 0.29) is 17.3 Å². The molecule has 1 atom stereocenters. The van der Waals surface area contributed by atoms with Crippen LogP contribution in [-0.4, -0.2) is 23.4 Å². The maximum atomic E-state index is 11.8. The minimum Gasteiger partial charge on any atom is -0.352 e. The molecule has 1 unspecified atom stereocenters. The van der Waals surface area contributed by atoms with E-state index in [1.807, 2.05) is 6.92 Å². The van der Waals surface area contributed by atoms with Crippen molar-refractivity contribution in [2.24, 2.45) is 5.73 Å². The van der Waals surface area contributed by atoms with Gasteiger partial charge in [-0.15, -0.1) is 0 Å². The Kier molecular flexibility index (Phi) is 5.24. The van der Waals surface area contributed by atoms with Crippen LogP contribution in [0.1, 0.15) is 23.7 Å². The summed E-state index contributed by atoms with van der Waals surface area (Å²) in [5.41, 5.74) is 5.38. The van der Waals surface area contributed by atoms with Gasteiger partial charge in [-0.05, 0) is 25.5 Å². The Hall–Kier alpha value is -1.47. The van der Waals surface area contributed by atoms with Crippen LogP contribution in [0.4, 0.5) is 5.69 Å². The molecule has 0 aliphatic heterocycles. The molecule has 98 valence electrons. The summed E-state index contributed by atoms with van der Waals surface area (Å²) in [6, 6.07) is 4.29. The normalized spacial score (nSPS) is 11.9. The average molecular weight is 316 g/mol. The second kappa shape index (κ2) is 6.46. The first-order valence-corrected chi connectivity index (χ1v) is 6.19. The molecule has 1 aromatic carbocycles. The fraction of sp³-hybridized carbons (Fsp3) is 0.364. The van der Waals surface area contributed by atoms with E-state index >= 15 is 0 Å². The highest BCUT2D eigenvalue weighted by molar-refractivity contribution is 9.10. The first-order valence-electron chi connectivity index (χ1n) is 5.39. The Labute approximate surface area is 113 Å². The van der Waals surface area contributed by atoms with E-state index in [0.29, 0.717) is 17.4 Å². The van der Waals surface area contributed by atoms with E-state index < -0.39 is 10.8 Å². The molecule has 1 aromatic rings. The lowest BCUT2D eigenvalue weighted by atomic mass is 10.1. The van der Waals surface area contributed by atoms with E-state index in [9.17, 15) is 14.9 Å². The van der Waals surface area contributed by atoms with Gasteiger partial charge in [0.15, 0.2) is 0 Å². The molecule has 0 bridgehead atoms. The van der Waals surface area contributed by atoms with Crippen molar-refractivity contribution >= 4 is 27.5 Å².